The Bertz CT molecular complexity index is 533. The van der Waals surface area contributed by atoms with Crippen LogP contribution in [0.25, 0.3) is 0 Å². The van der Waals surface area contributed by atoms with Crippen LogP contribution < -0.4 is 11.1 Å². The maximum Gasteiger partial charge on any atom is 0.249 e. The first-order valence-corrected chi connectivity index (χ1v) is 5.27. The van der Waals surface area contributed by atoms with Crippen LogP contribution in [-0.4, -0.2) is 15.7 Å². The third-order valence-corrected chi connectivity index (χ3v) is 2.47. The number of nitrogens with zero attached hydrogens (tertiary/aromatic N) is 2. The highest BCUT2D eigenvalue weighted by Gasteiger charge is 2.06. The van der Waals surface area contributed by atoms with Gasteiger partial charge in [0.25, 0.3) is 0 Å². The molecule has 3 N–H and O–H groups in total. The molecule has 2 rings (SSSR count). The summed E-state index contributed by atoms with van der Waals surface area (Å²) in [5.74, 6) is -0.409. The number of nitrogens with two attached hydrogens (primary N) is 1. The normalized spacial score (nSPS) is 10.2. The first kappa shape index (κ1) is 11.2. The zero-order chi connectivity index (χ0) is 12.3. The van der Waals surface area contributed by atoms with Crippen molar-refractivity contribution in [2.45, 2.75) is 6.54 Å². The average Bonchev–Trinajstić information content (AvgIpc) is 2.73. The summed E-state index contributed by atoms with van der Waals surface area (Å²) in [6.45, 7) is 0.546. The molecular weight excluding hydrogens is 216 g/mol. The lowest BCUT2D eigenvalue weighted by atomic mass is 10.1. The zero-order valence-corrected chi connectivity index (χ0v) is 9.55. The smallest absolute Gasteiger partial charge is 0.249 e. The lowest BCUT2D eigenvalue weighted by Gasteiger charge is -2.07. The number of aryl methyl sites for hydroxylation is 1. The molecule has 0 unspecified atom stereocenters. The fourth-order valence-corrected chi connectivity index (χ4v) is 1.62. The van der Waals surface area contributed by atoms with E-state index < -0.39 is 5.91 Å². The molecule has 17 heavy (non-hydrogen) atoms. The molecule has 0 aliphatic rings. The molecule has 2 aromatic rings. The van der Waals surface area contributed by atoms with Gasteiger partial charge >= 0.3 is 0 Å². The number of hydrogen-bond donors (Lipinski definition) is 2. The first-order valence-electron chi connectivity index (χ1n) is 5.27. The molecule has 1 aromatic carbocycles. The summed E-state index contributed by atoms with van der Waals surface area (Å²) in [5.41, 5.74) is 7.64. The van der Waals surface area contributed by atoms with Crippen LogP contribution in [0.15, 0.2) is 36.7 Å². The van der Waals surface area contributed by atoms with Crippen molar-refractivity contribution in [1.29, 1.82) is 0 Å². The number of rotatable bonds is 4. The van der Waals surface area contributed by atoms with Gasteiger partial charge in [-0.15, -0.1) is 0 Å². The number of carbonyl (C=O) groups excluding carboxylic acids is 1. The molecule has 5 heteroatoms. The quantitative estimate of drug-likeness (QED) is 0.827. The van der Waals surface area contributed by atoms with Gasteiger partial charge in [-0.25, -0.2) is 0 Å². The van der Waals surface area contributed by atoms with Crippen LogP contribution in [0.1, 0.15) is 15.9 Å². The monoisotopic (exact) mass is 230 g/mol. The molecule has 0 radical (unpaired) electrons. The molecule has 1 amide bonds. The van der Waals surface area contributed by atoms with Gasteiger partial charge < -0.3 is 11.1 Å². The van der Waals surface area contributed by atoms with Crippen LogP contribution in [0.3, 0.4) is 0 Å². The molecule has 0 saturated heterocycles. The minimum atomic E-state index is -0.409. The lowest BCUT2D eigenvalue weighted by Crippen LogP contribution is -2.15. The van der Waals surface area contributed by atoms with Gasteiger partial charge in [0.2, 0.25) is 5.91 Å². The van der Waals surface area contributed by atoms with E-state index in [4.69, 9.17) is 5.73 Å². The number of aromatic nitrogens is 2. The number of primary amides is 1. The minimum absolute atomic E-state index is 0.409. The largest absolute Gasteiger partial charge is 0.378 e. The van der Waals surface area contributed by atoms with E-state index in [-0.39, 0.29) is 0 Å². The van der Waals surface area contributed by atoms with Crippen molar-refractivity contribution in [2.75, 3.05) is 5.32 Å². The second kappa shape index (κ2) is 4.69. The van der Waals surface area contributed by atoms with E-state index in [9.17, 15) is 4.79 Å². The van der Waals surface area contributed by atoms with Crippen LogP contribution in [0, 0.1) is 0 Å². The van der Waals surface area contributed by atoms with Gasteiger partial charge in [-0.2, -0.15) is 5.10 Å². The highest BCUT2D eigenvalue weighted by molar-refractivity contribution is 5.94. The molecule has 5 nitrogen and oxygen atoms in total. The fourth-order valence-electron chi connectivity index (χ4n) is 1.62. The molecule has 0 spiro atoms. The Kier molecular flexibility index (Phi) is 3.09. The Morgan fingerprint density at radius 3 is 2.88 bits per heavy atom. The van der Waals surface area contributed by atoms with Crippen LogP contribution in [0.2, 0.25) is 0 Å². The van der Waals surface area contributed by atoms with E-state index in [1.807, 2.05) is 25.4 Å². The first-order chi connectivity index (χ1) is 8.16. The van der Waals surface area contributed by atoms with Crippen molar-refractivity contribution < 1.29 is 4.79 Å². The van der Waals surface area contributed by atoms with Gasteiger partial charge in [0.15, 0.2) is 0 Å². The molecule has 0 saturated carbocycles. The zero-order valence-electron chi connectivity index (χ0n) is 9.55. The summed E-state index contributed by atoms with van der Waals surface area (Å²) in [4.78, 5) is 11.2. The Balaban J connectivity index is 2.11. The summed E-state index contributed by atoms with van der Waals surface area (Å²) in [5, 5.41) is 7.23. The van der Waals surface area contributed by atoms with Gasteiger partial charge in [-0.1, -0.05) is 18.2 Å². The molecule has 0 aliphatic carbocycles. The number of anilines is 1. The van der Waals surface area contributed by atoms with Gasteiger partial charge in [0, 0.05) is 25.4 Å². The van der Waals surface area contributed by atoms with E-state index in [1.54, 1.807) is 23.0 Å². The lowest BCUT2D eigenvalue weighted by molar-refractivity contribution is 0.0999. The van der Waals surface area contributed by atoms with Gasteiger partial charge in [0.05, 0.1) is 11.9 Å². The van der Waals surface area contributed by atoms with Crippen molar-refractivity contribution in [3.63, 3.8) is 0 Å². The molecule has 1 heterocycles. The van der Waals surface area contributed by atoms with Crippen LogP contribution in [0.5, 0.6) is 0 Å². The molecular formula is C12H14N4O. The fraction of sp³-hybridized carbons (Fsp3) is 0.167. The third-order valence-electron chi connectivity index (χ3n) is 2.47. The van der Waals surface area contributed by atoms with E-state index >= 15 is 0 Å². The number of amides is 1. The number of nitrogens with one attached hydrogen (secondary N) is 1. The van der Waals surface area contributed by atoms with Crippen LogP contribution in [0.4, 0.5) is 5.69 Å². The predicted molar refractivity (Wildman–Crippen MR) is 65.5 cm³/mol. The standard InChI is InChI=1S/C12H14N4O/c1-16-8-10(7-15-16)14-6-9-4-2-3-5-11(9)12(13)17/h2-5,7-8,14H,6H2,1H3,(H2,13,17). The summed E-state index contributed by atoms with van der Waals surface area (Å²) < 4.78 is 1.71. The summed E-state index contributed by atoms with van der Waals surface area (Å²) in [6, 6.07) is 7.28. The summed E-state index contributed by atoms with van der Waals surface area (Å²) >= 11 is 0. The Morgan fingerprint density at radius 2 is 2.24 bits per heavy atom. The predicted octanol–water partition coefficient (Wildman–Crippen LogP) is 1.13. The molecule has 0 fully saturated rings. The van der Waals surface area contributed by atoms with Crippen LogP contribution >= 0.6 is 0 Å². The van der Waals surface area contributed by atoms with Crippen molar-refractivity contribution in [3.05, 3.63) is 47.8 Å². The SMILES string of the molecule is Cn1cc(NCc2ccccc2C(N)=O)cn1. The van der Waals surface area contributed by atoms with Gasteiger partial charge in [-0.05, 0) is 11.6 Å². The van der Waals surface area contributed by atoms with E-state index in [0.29, 0.717) is 12.1 Å². The highest BCUT2D eigenvalue weighted by Crippen LogP contribution is 2.11. The Hall–Kier alpha value is -2.30. The molecule has 0 atom stereocenters. The van der Waals surface area contributed by atoms with Crippen molar-refractivity contribution in [2.24, 2.45) is 12.8 Å². The number of carbonyl (C=O) groups is 1. The average molecular weight is 230 g/mol. The summed E-state index contributed by atoms with van der Waals surface area (Å²) in [6.07, 6.45) is 3.60. The van der Waals surface area contributed by atoms with Crippen molar-refractivity contribution in [3.8, 4) is 0 Å². The van der Waals surface area contributed by atoms with Gasteiger partial charge in [0.1, 0.15) is 0 Å². The highest BCUT2D eigenvalue weighted by atomic mass is 16.1. The third kappa shape index (κ3) is 2.63. The Labute approximate surface area is 99.2 Å². The van der Waals surface area contributed by atoms with E-state index in [0.717, 1.165) is 11.3 Å². The second-order valence-corrected chi connectivity index (χ2v) is 3.78. The van der Waals surface area contributed by atoms with Gasteiger partial charge in [-0.3, -0.25) is 9.48 Å². The minimum Gasteiger partial charge on any atom is -0.378 e. The van der Waals surface area contributed by atoms with Crippen molar-refractivity contribution in [1.82, 2.24) is 9.78 Å². The van der Waals surface area contributed by atoms with E-state index in [1.165, 1.54) is 0 Å². The molecule has 88 valence electrons. The number of benzene rings is 1. The van der Waals surface area contributed by atoms with Crippen molar-refractivity contribution >= 4 is 11.6 Å². The topological polar surface area (TPSA) is 72.9 Å². The Morgan fingerprint density at radius 1 is 1.47 bits per heavy atom. The molecule has 0 bridgehead atoms. The molecule has 0 aliphatic heterocycles. The summed E-state index contributed by atoms with van der Waals surface area (Å²) in [7, 11) is 1.85. The number of hydrogen-bond acceptors (Lipinski definition) is 3. The molecule has 1 aromatic heterocycles. The van der Waals surface area contributed by atoms with Crippen LogP contribution in [-0.2, 0) is 13.6 Å². The maximum atomic E-state index is 11.2. The second-order valence-electron chi connectivity index (χ2n) is 3.78. The van der Waals surface area contributed by atoms with E-state index in [2.05, 4.69) is 10.4 Å². The maximum absolute atomic E-state index is 11.2.